The number of hydrogen-bond donors (Lipinski definition) is 1. The molecule has 0 saturated carbocycles. The molecular weight excluding hydrogens is 288 g/mol. The molecule has 23 heavy (non-hydrogen) atoms. The van der Waals surface area contributed by atoms with Gasteiger partial charge in [0.05, 0.1) is 12.1 Å². The number of hydrogen-bond acceptors (Lipinski definition) is 3. The first kappa shape index (κ1) is 15.2. The van der Waals surface area contributed by atoms with Crippen LogP contribution in [0.5, 0.6) is 0 Å². The Balaban J connectivity index is 1.83. The summed E-state index contributed by atoms with van der Waals surface area (Å²) >= 11 is 0. The van der Waals surface area contributed by atoms with E-state index < -0.39 is 0 Å². The fourth-order valence-corrected chi connectivity index (χ4v) is 2.44. The lowest BCUT2D eigenvalue weighted by Crippen LogP contribution is -2.15. The van der Waals surface area contributed by atoms with Crippen LogP contribution in [-0.2, 0) is 11.2 Å². The number of fused-ring (bicyclic) bond motifs is 1. The summed E-state index contributed by atoms with van der Waals surface area (Å²) in [7, 11) is 0. The topological polar surface area (TPSA) is 59.3 Å². The molecule has 2 aromatic heterocycles. The number of rotatable bonds is 4. The van der Waals surface area contributed by atoms with E-state index in [9.17, 15) is 4.79 Å². The molecule has 1 N–H and O–H groups in total. The standard InChI is InChI=1S/C18H20N4O/c1-12(2)17-20-18-15(9-6-10-22(18)21-17)19-16(23)11-14-8-5-4-7-13(14)3/h4-10,12H,11H2,1-3H3,(H,19,23). The first-order chi connectivity index (χ1) is 11.0. The normalized spacial score (nSPS) is 11.1. The number of carbonyl (C=O) groups is 1. The summed E-state index contributed by atoms with van der Waals surface area (Å²) in [5, 5.41) is 7.38. The number of pyridine rings is 1. The lowest BCUT2D eigenvalue weighted by molar-refractivity contribution is -0.115. The van der Waals surface area contributed by atoms with Crippen LogP contribution in [0.15, 0.2) is 42.6 Å². The third-order valence-electron chi connectivity index (χ3n) is 3.78. The highest BCUT2D eigenvalue weighted by Gasteiger charge is 2.13. The second kappa shape index (κ2) is 6.20. The minimum absolute atomic E-state index is 0.0542. The van der Waals surface area contributed by atoms with Crippen LogP contribution in [0.1, 0.15) is 36.7 Å². The Hall–Kier alpha value is -2.69. The monoisotopic (exact) mass is 308 g/mol. The summed E-state index contributed by atoms with van der Waals surface area (Å²) in [5.74, 6) is 0.956. The van der Waals surface area contributed by atoms with Crippen LogP contribution in [0.4, 0.5) is 5.69 Å². The number of carbonyl (C=O) groups excluding carboxylic acids is 1. The van der Waals surface area contributed by atoms with Gasteiger partial charge in [0.2, 0.25) is 5.91 Å². The predicted molar refractivity (Wildman–Crippen MR) is 90.6 cm³/mol. The van der Waals surface area contributed by atoms with E-state index in [4.69, 9.17) is 0 Å². The third kappa shape index (κ3) is 3.23. The van der Waals surface area contributed by atoms with Crippen LogP contribution in [0.3, 0.4) is 0 Å². The van der Waals surface area contributed by atoms with Crippen LogP contribution in [0.25, 0.3) is 5.65 Å². The average Bonchev–Trinajstić information content (AvgIpc) is 2.95. The molecule has 0 radical (unpaired) electrons. The molecule has 5 heteroatoms. The fourth-order valence-electron chi connectivity index (χ4n) is 2.44. The van der Waals surface area contributed by atoms with Crippen LogP contribution < -0.4 is 5.32 Å². The quantitative estimate of drug-likeness (QED) is 0.804. The molecule has 1 aromatic carbocycles. The SMILES string of the molecule is Cc1ccccc1CC(=O)Nc1cccn2nc(C(C)C)nc12. The molecule has 0 aliphatic heterocycles. The number of aromatic nitrogens is 3. The number of aryl methyl sites for hydroxylation is 1. The molecule has 3 rings (SSSR count). The van der Waals surface area contributed by atoms with Crippen molar-refractivity contribution in [2.24, 2.45) is 0 Å². The molecule has 0 aliphatic rings. The van der Waals surface area contributed by atoms with Gasteiger partial charge in [-0.2, -0.15) is 5.10 Å². The van der Waals surface area contributed by atoms with E-state index in [0.29, 0.717) is 17.8 Å². The first-order valence-electron chi connectivity index (χ1n) is 7.74. The number of nitrogens with one attached hydrogen (secondary N) is 1. The maximum absolute atomic E-state index is 12.3. The number of amides is 1. The number of benzene rings is 1. The van der Waals surface area contributed by atoms with Gasteiger partial charge in [-0.15, -0.1) is 0 Å². The molecule has 0 bridgehead atoms. The molecule has 0 saturated heterocycles. The molecule has 118 valence electrons. The van der Waals surface area contributed by atoms with Crippen LogP contribution in [0, 0.1) is 6.92 Å². The van der Waals surface area contributed by atoms with Gasteiger partial charge in [0.1, 0.15) is 0 Å². The summed E-state index contributed by atoms with van der Waals surface area (Å²) in [6.07, 6.45) is 2.18. The number of anilines is 1. The van der Waals surface area contributed by atoms with Gasteiger partial charge in [-0.25, -0.2) is 9.50 Å². The highest BCUT2D eigenvalue weighted by Crippen LogP contribution is 2.18. The predicted octanol–water partition coefficient (Wildman–Crippen LogP) is 3.34. The van der Waals surface area contributed by atoms with E-state index in [1.165, 1.54) is 0 Å². The Morgan fingerprint density at radius 2 is 2.00 bits per heavy atom. The Labute approximate surface area is 135 Å². The van der Waals surface area contributed by atoms with Crippen molar-refractivity contribution in [1.82, 2.24) is 14.6 Å². The summed E-state index contributed by atoms with van der Waals surface area (Å²) < 4.78 is 1.71. The Bertz CT molecular complexity index is 851. The van der Waals surface area contributed by atoms with E-state index in [0.717, 1.165) is 17.0 Å². The van der Waals surface area contributed by atoms with Gasteiger partial charge in [0.25, 0.3) is 0 Å². The molecule has 2 heterocycles. The lowest BCUT2D eigenvalue weighted by atomic mass is 10.1. The van der Waals surface area contributed by atoms with Gasteiger partial charge >= 0.3 is 0 Å². The molecule has 0 spiro atoms. The van der Waals surface area contributed by atoms with Gasteiger partial charge < -0.3 is 5.32 Å². The van der Waals surface area contributed by atoms with E-state index in [2.05, 4.69) is 15.4 Å². The van der Waals surface area contributed by atoms with Crippen molar-refractivity contribution in [3.05, 3.63) is 59.5 Å². The summed E-state index contributed by atoms with van der Waals surface area (Å²) in [6.45, 7) is 6.10. The average molecular weight is 308 g/mol. The van der Waals surface area contributed by atoms with Crippen molar-refractivity contribution in [3.8, 4) is 0 Å². The van der Waals surface area contributed by atoms with Crippen molar-refractivity contribution in [1.29, 1.82) is 0 Å². The van der Waals surface area contributed by atoms with Crippen molar-refractivity contribution in [3.63, 3.8) is 0 Å². The zero-order valence-corrected chi connectivity index (χ0v) is 13.6. The number of nitrogens with zero attached hydrogens (tertiary/aromatic N) is 3. The minimum atomic E-state index is -0.0542. The Kier molecular flexibility index (Phi) is 4.10. The maximum Gasteiger partial charge on any atom is 0.228 e. The summed E-state index contributed by atoms with van der Waals surface area (Å²) in [5.41, 5.74) is 3.51. The van der Waals surface area contributed by atoms with E-state index in [-0.39, 0.29) is 11.8 Å². The van der Waals surface area contributed by atoms with Crippen LogP contribution in [0.2, 0.25) is 0 Å². The molecule has 1 amide bonds. The molecular formula is C18H20N4O. The van der Waals surface area contributed by atoms with Crippen molar-refractivity contribution in [2.75, 3.05) is 5.32 Å². The Morgan fingerprint density at radius 3 is 2.74 bits per heavy atom. The van der Waals surface area contributed by atoms with Gasteiger partial charge in [0, 0.05) is 12.1 Å². The van der Waals surface area contributed by atoms with Crippen molar-refractivity contribution >= 4 is 17.2 Å². The highest BCUT2D eigenvalue weighted by molar-refractivity contribution is 5.95. The molecule has 0 unspecified atom stereocenters. The summed E-state index contributed by atoms with van der Waals surface area (Å²) in [6, 6.07) is 11.6. The van der Waals surface area contributed by atoms with E-state index in [1.54, 1.807) is 4.52 Å². The second-order valence-corrected chi connectivity index (χ2v) is 5.97. The zero-order chi connectivity index (χ0) is 16.4. The highest BCUT2D eigenvalue weighted by atomic mass is 16.1. The molecule has 0 atom stereocenters. The van der Waals surface area contributed by atoms with Crippen LogP contribution >= 0.6 is 0 Å². The van der Waals surface area contributed by atoms with Crippen molar-refractivity contribution < 1.29 is 4.79 Å². The Morgan fingerprint density at radius 1 is 1.22 bits per heavy atom. The summed E-state index contributed by atoms with van der Waals surface area (Å²) in [4.78, 5) is 16.9. The minimum Gasteiger partial charge on any atom is -0.323 e. The molecule has 0 aliphatic carbocycles. The molecule has 0 fully saturated rings. The third-order valence-corrected chi connectivity index (χ3v) is 3.78. The molecule has 5 nitrogen and oxygen atoms in total. The maximum atomic E-state index is 12.3. The van der Waals surface area contributed by atoms with Gasteiger partial charge in [-0.05, 0) is 30.2 Å². The van der Waals surface area contributed by atoms with Gasteiger partial charge in [0.15, 0.2) is 11.5 Å². The first-order valence-corrected chi connectivity index (χ1v) is 7.74. The van der Waals surface area contributed by atoms with Gasteiger partial charge in [-0.1, -0.05) is 38.1 Å². The van der Waals surface area contributed by atoms with Crippen molar-refractivity contribution in [2.45, 2.75) is 33.1 Å². The zero-order valence-electron chi connectivity index (χ0n) is 13.6. The van der Waals surface area contributed by atoms with E-state index >= 15 is 0 Å². The van der Waals surface area contributed by atoms with Gasteiger partial charge in [-0.3, -0.25) is 4.79 Å². The second-order valence-electron chi connectivity index (χ2n) is 5.97. The largest absolute Gasteiger partial charge is 0.323 e. The lowest BCUT2D eigenvalue weighted by Gasteiger charge is -2.07. The fraction of sp³-hybridized carbons (Fsp3) is 0.278. The van der Waals surface area contributed by atoms with E-state index in [1.807, 2.05) is 63.4 Å². The van der Waals surface area contributed by atoms with Crippen LogP contribution in [-0.4, -0.2) is 20.5 Å². The molecule has 3 aromatic rings. The smallest absolute Gasteiger partial charge is 0.228 e.